The molecule has 0 radical (unpaired) electrons. The minimum atomic E-state index is -0.604. The largest absolute Gasteiger partial charge is 0.465 e. The lowest BCUT2D eigenvalue weighted by Crippen LogP contribution is -2.43. The van der Waals surface area contributed by atoms with Crippen molar-refractivity contribution in [1.82, 2.24) is 10.2 Å². The van der Waals surface area contributed by atoms with Crippen molar-refractivity contribution < 1.29 is 19.1 Å². The second-order valence-electron chi connectivity index (χ2n) is 6.57. The SMILES string of the molecule is CCOC(=O)[C@@]12CNC[C@@H]1CN(C(=O)OC(C)(C)C)C2. The molecule has 0 bridgehead atoms. The van der Waals surface area contributed by atoms with Crippen LogP contribution >= 0.6 is 0 Å². The average Bonchev–Trinajstić information content (AvgIpc) is 2.83. The van der Waals surface area contributed by atoms with E-state index in [1.807, 2.05) is 20.8 Å². The van der Waals surface area contributed by atoms with Gasteiger partial charge in [-0.15, -0.1) is 0 Å². The van der Waals surface area contributed by atoms with Crippen molar-refractivity contribution in [3.63, 3.8) is 0 Å². The van der Waals surface area contributed by atoms with Gasteiger partial charge in [-0.3, -0.25) is 4.79 Å². The Bertz CT molecular complexity index is 404. The van der Waals surface area contributed by atoms with Crippen LogP contribution in [0.4, 0.5) is 4.79 Å². The molecule has 6 heteroatoms. The third kappa shape index (κ3) is 2.75. The molecule has 0 saturated carbocycles. The normalized spacial score (nSPS) is 29.2. The van der Waals surface area contributed by atoms with E-state index in [-0.39, 0.29) is 18.0 Å². The number of rotatable bonds is 2. The molecule has 0 aromatic heterocycles. The molecule has 20 heavy (non-hydrogen) atoms. The van der Waals surface area contributed by atoms with Crippen molar-refractivity contribution >= 4 is 12.1 Å². The van der Waals surface area contributed by atoms with E-state index < -0.39 is 11.0 Å². The monoisotopic (exact) mass is 284 g/mol. The predicted molar refractivity (Wildman–Crippen MR) is 73.2 cm³/mol. The highest BCUT2D eigenvalue weighted by molar-refractivity contribution is 5.81. The Labute approximate surface area is 119 Å². The third-order valence-electron chi connectivity index (χ3n) is 3.86. The molecule has 2 rings (SSSR count). The van der Waals surface area contributed by atoms with Crippen LogP contribution in [0.2, 0.25) is 0 Å². The summed E-state index contributed by atoms with van der Waals surface area (Å²) in [6.45, 7) is 9.89. The first-order valence-corrected chi connectivity index (χ1v) is 7.14. The summed E-state index contributed by atoms with van der Waals surface area (Å²) in [7, 11) is 0. The van der Waals surface area contributed by atoms with Crippen molar-refractivity contribution in [2.24, 2.45) is 11.3 Å². The fraction of sp³-hybridized carbons (Fsp3) is 0.857. The highest BCUT2D eigenvalue weighted by atomic mass is 16.6. The van der Waals surface area contributed by atoms with Crippen LogP contribution in [0.3, 0.4) is 0 Å². The molecule has 2 heterocycles. The van der Waals surface area contributed by atoms with Crippen LogP contribution in [0, 0.1) is 11.3 Å². The molecule has 2 atom stereocenters. The van der Waals surface area contributed by atoms with Gasteiger partial charge < -0.3 is 19.7 Å². The molecule has 2 aliphatic heterocycles. The molecule has 1 N–H and O–H groups in total. The number of nitrogens with zero attached hydrogens (tertiary/aromatic N) is 1. The zero-order chi connectivity index (χ0) is 15.0. The Morgan fingerprint density at radius 2 is 2.10 bits per heavy atom. The number of fused-ring (bicyclic) bond motifs is 1. The maximum absolute atomic E-state index is 12.3. The van der Waals surface area contributed by atoms with Gasteiger partial charge in [0.25, 0.3) is 0 Å². The van der Waals surface area contributed by atoms with Gasteiger partial charge in [0.2, 0.25) is 0 Å². The van der Waals surface area contributed by atoms with Gasteiger partial charge in [0.05, 0.1) is 6.61 Å². The lowest BCUT2D eigenvalue weighted by molar-refractivity contribution is -0.155. The lowest BCUT2D eigenvalue weighted by Gasteiger charge is -2.27. The van der Waals surface area contributed by atoms with Gasteiger partial charge in [0.1, 0.15) is 11.0 Å². The molecule has 0 unspecified atom stereocenters. The minimum Gasteiger partial charge on any atom is -0.465 e. The van der Waals surface area contributed by atoms with Crippen LogP contribution in [0.25, 0.3) is 0 Å². The molecular formula is C14H24N2O4. The van der Waals surface area contributed by atoms with Crippen LogP contribution in [0.15, 0.2) is 0 Å². The highest BCUT2D eigenvalue weighted by Gasteiger charge is 2.57. The maximum atomic E-state index is 12.3. The summed E-state index contributed by atoms with van der Waals surface area (Å²) in [4.78, 5) is 26.0. The minimum absolute atomic E-state index is 0.106. The molecule has 114 valence electrons. The number of hydrogen-bond donors (Lipinski definition) is 1. The Balaban J connectivity index is 2.08. The second-order valence-corrected chi connectivity index (χ2v) is 6.57. The Morgan fingerprint density at radius 3 is 2.70 bits per heavy atom. The zero-order valence-electron chi connectivity index (χ0n) is 12.7. The van der Waals surface area contributed by atoms with Crippen LogP contribution in [0.1, 0.15) is 27.7 Å². The van der Waals surface area contributed by atoms with E-state index in [1.54, 1.807) is 11.8 Å². The molecule has 2 aliphatic rings. The van der Waals surface area contributed by atoms with E-state index in [2.05, 4.69) is 5.32 Å². The molecule has 0 spiro atoms. The van der Waals surface area contributed by atoms with Gasteiger partial charge in [0.15, 0.2) is 0 Å². The zero-order valence-corrected chi connectivity index (χ0v) is 12.7. The number of nitrogens with one attached hydrogen (secondary N) is 1. The molecule has 1 amide bonds. The lowest BCUT2D eigenvalue weighted by atomic mass is 9.81. The van der Waals surface area contributed by atoms with E-state index in [9.17, 15) is 9.59 Å². The number of amides is 1. The van der Waals surface area contributed by atoms with E-state index in [0.717, 1.165) is 6.54 Å². The summed E-state index contributed by atoms with van der Waals surface area (Å²) in [6.07, 6.45) is -0.351. The molecule has 2 fully saturated rings. The number of esters is 1. The van der Waals surface area contributed by atoms with Gasteiger partial charge in [-0.25, -0.2) is 4.79 Å². The van der Waals surface area contributed by atoms with Crippen LogP contribution in [-0.2, 0) is 14.3 Å². The Morgan fingerprint density at radius 1 is 1.40 bits per heavy atom. The van der Waals surface area contributed by atoms with Gasteiger partial charge >= 0.3 is 12.1 Å². The Hall–Kier alpha value is -1.30. The second kappa shape index (κ2) is 5.24. The Kier molecular flexibility index (Phi) is 3.95. The van der Waals surface area contributed by atoms with Crippen molar-refractivity contribution in [2.45, 2.75) is 33.3 Å². The quantitative estimate of drug-likeness (QED) is 0.766. The first kappa shape index (κ1) is 15.1. The van der Waals surface area contributed by atoms with Crippen molar-refractivity contribution in [2.75, 3.05) is 32.8 Å². The highest BCUT2D eigenvalue weighted by Crippen LogP contribution is 2.40. The van der Waals surface area contributed by atoms with Crippen LogP contribution in [-0.4, -0.2) is 55.3 Å². The van der Waals surface area contributed by atoms with Gasteiger partial charge in [-0.05, 0) is 27.7 Å². The smallest absolute Gasteiger partial charge is 0.410 e. The third-order valence-corrected chi connectivity index (χ3v) is 3.86. The number of carbonyl (C=O) groups excluding carboxylic acids is 2. The van der Waals surface area contributed by atoms with Crippen molar-refractivity contribution in [3.8, 4) is 0 Å². The topological polar surface area (TPSA) is 67.9 Å². The summed E-state index contributed by atoms with van der Waals surface area (Å²) >= 11 is 0. The van der Waals surface area contributed by atoms with E-state index >= 15 is 0 Å². The summed E-state index contributed by atoms with van der Waals surface area (Å²) < 4.78 is 10.6. The predicted octanol–water partition coefficient (Wildman–Crippen LogP) is 1.01. The molecule has 0 aromatic carbocycles. The fourth-order valence-corrected chi connectivity index (χ4v) is 2.95. The molecule has 6 nitrogen and oxygen atoms in total. The molecular weight excluding hydrogens is 260 g/mol. The number of likely N-dealkylation sites (tertiary alicyclic amines) is 1. The first-order valence-electron chi connectivity index (χ1n) is 7.14. The molecule has 0 aliphatic carbocycles. The van der Waals surface area contributed by atoms with Crippen molar-refractivity contribution in [3.05, 3.63) is 0 Å². The molecule has 2 saturated heterocycles. The number of hydrogen-bond acceptors (Lipinski definition) is 5. The number of ether oxygens (including phenoxy) is 2. The number of carbonyl (C=O) groups is 2. The van der Waals surface area contributed by atoms with E-state index in [1.165, 1.54) is 0 Å². The van der Waals surface area contributed by atoms with Crippen LogP contribution < -0.4 is 5.32 Å². The standard InChI is InChI=1S/C14H24N2O4/c1-5-19-11(17)14-8-15-6-10(14)7-16(9-14)12(18)20-13(2,3)4/h10,15H,5-9H2,1-4H3/t10-,14-/m1/s1. The van der Waals surface area contributed by atoms with E-state index in [4.69, 9.17) is 9.47 Å². The summed E-state index contributed by atoms with van der Waals surface area (Å²) in [5.41, 5.74) is -1.13. The summed E-state index contributed by atoms with van der Waals surface area (Å²) in [5, 5.41) is 3.23. The van der Waals surface area contributed by atoms with Crippen molar-refractivity contribution in [1.29, 1.82) is 0 Å². The maximum Gasteiger partial charge on any atom is 0.410 e. The fourth-order valence-electron chi connectivity index (χ4n) is 2.95. The van der Waals surface area contributed by atoms with Gasteiger partial charge in [-0.2, -0.15) is 0 Å². The van der Waals surface area contributed by atoms with Gasteiger partial charge in [0, 0.05) is 32.1 Å². The van der Waals surface area contributed by atoms with Crippen LogP contribution in [0.5, 0.6) is 0 Å². The average molecular weight is 284 g/mol. The molecule has 0 aromatic rings. The summed E-state index contributed by atoms with van der Waals surface area (Å²) in [6, 6.07) is 0. The van der Waals surface area contributed by atoms with Gasteiger partial charge in [-0.1, -0.05) is 0 Å². The summed E-state index contributed by atoms with van der Waals surface area (Å²) in [5.74, 6) is -0.102. The van der Waals surface area contributed by atoms with E-state index in [0.29, 0.717) is 26.2 Å². The first-order chi connectivity index (χ1) is 9.28.